The standard InChI is InChI=1S/C22H17ClN2O3S/c1-12-9-16(18(28-2)11-15(12)23)24-21(26)13-7-8-20-17(10-13)25-22(27)14-5-3-4-6-19(14)29-20/h3-11H,1-2H3,(H,24,26)(H,25,27). The molecule has 0 bridgehead atoms. The van der Waals surface area contributed by atoms with Gasteiger partial charge in [-0.25, -0.2) is 0 Å². The molecular weight excluding hydrogens is 408 g/mol. The Labute approximate surface area is 177 Å². The van der Waals surface area contributed by atoms with Crippen molar-refractivity contribution in [2.75, 3.05) is 17.7 Å². The van der Waals surface area contributed by atoms with E-state index in [0.29, 0.717) is 33.3 Å². The molecule has 0 spiro atoms. The highest BCUT2D eigenvalue weighted by molar-refractivity contribution is 7.99. The third kappa shape index (κ3) is 3.81. The highest BCUT2D eigenvalue weighted by Crippen LogP contribution is 2.39. The molecule has 3 aromatic carbocycles. The Kier molecular flexibility index (Phi) is 5.22. The van der Waals surface area contributed by atoms with Crippen molar-refractivity contribution in [3.8, 4) is 5.75 Å². The van der Waals surface area contributed by atoms with E-state index in [9.17, 15) is 9.59 Å². The van der Waals surface area contributed by atoms with Crippen LogP contribution in [0.5, 0.6) is 5.75 Å². The van der Waals surface area contributed by atoms with Gasteiger partial charge in [0.1, 0.15) is 5.75 Å². The molecule has 3 aromatic rings. The fraction of sp³-hybridized carbons (Fsp3) is 0.0909. The topological polar surface area (TPSA) is 67.4 Å². The average molecular weight is 425 g/mol. The van der Waals surface area contributed by atoms with Gasteiger partial charge in [0, 0.05) is 26.4 Å². The number of ether oxygens (including phenoxy) is 1. The van der Waals surface area contributed by atoms with Crippen LogP contribution in [-0.4, -0.2) is 18.9 Å². The quantitative estimate of drug-likeness (QED) is 0.572. The van der Waals surface area contributed by atoms with Gasteiger partial charge in [0.15, 0.2) is 0 Å². The minimum Gasteiger partial charge on any atom is -0.495 e. The number of hydrogen-bond donors (Lipinski definition) is 2. The predicted octanol–water partition coefficient (Wildman–Crippen LogP) is 5.63. The molecule has 0 aromatic heterocycles. The van der Waals surface area contributed by atoms with Crippen molar-refractivity contribution < 1.29 is 14.3 Å². The number of amides is 2. The zero-order chi connectivity index (χ0) is 20.5. The van der Waals surface area contributed by atoms with E-state index in [1.807, 2.05) is 31.2 Å². The van der Waals surface area contributed by atoms with Crippen LogP contribution >= 0.6 is 23.4 Å². The lowest BCUT2D eigenvalue weighted by atomic mass is 10.1. The summed E-state index contributed by atoms with van der Waals surface area (Å²) >= 11 is 7.62. The zero-order valence-electron chi connectivity index (χ0n) is 15.7. The molecule has 1 aliphatic rings. The molecule has 0 fully saturated rings. The van der Waals surface area contributed by atoms with Gasteiger partial charge in [-0.3, -0.25) is 9.59 Å². The first-order chi connectivity index (χ1) is 14.0. The molecule has 2 N–H and O–H groups in total. The summed E-state index contributed by atoms with van der Waals surface area (Å²) in [5.74, 6) is -0.0312. The molecule has 5 nitrogen and oxygen atoms in total. The molecule has 0 saturated heterocycles. The van der Waals surface area contributed by atoms with Crippen LogP contribution in [0.15, 0.2) is 64.4 Å². The number of fused-ring (bicyclic) bond motifs is 2. The van der Waals surface area contributed by atoms with Crippen molar-refractivity contribution in [2.45, 2.75) is 16.7 Å². The molecule has 29 heavy (non-hydrogen) atoms. The van der Waals surface area contributed by atoms with Gasteiger partial charge in [0.2, 0.25) is 0 Å². The molecule has 0 unspecified atom stereocenters. The zero-order valence-corrected chi connectivity index (χ0v) is 17.3. The maximum Gasteiger partial charge on any atom is 0.256 e. The van der Waals surface area contributed by atoms with Crippen LogP contribution in [0.4, 0.5) is 11.4 Å². The summed E-state index contributed by atoms with van der Waals surface area (Å²) in [4.78, 5) is 27.1. The van der Waals surface area contributed by atoms with Crippen molar-refractivity contribution >= 4 is 46.6 Å². The third-order valence-corrected chi connectivity index (χ3v) is 6.13. The Balaban J connectivity index is 1.63. The molecule has 0 saturated carbocycles. The number of benzene rings is 3. The lowest BCUT2D eigenvalue weighted by Crippen LogP contribution is -2.15. The van der Waals surface area contributed by atoms with E-state index >= 15 is 0 Å². The van der Waals surface area contributed by atoms with Gasteiger partial charge in [-0.1, -0.05) is 35.5 Å². The van der Waals surface area contributed by atoms with Crippen LogP contribution in [0.2, 0.25) is 5.02 Å². The second-order valence-electron chi connectivity index (χ2n) is 6.52. The minimum atomic E-state index is -0.311. The summed E-state index contributed by atoms with van der Waals surface area (Å²) in [5, 5.41) is 6.31. The van der Waals surface area contributed by atoms with Gasteiger partial charge in [-0.05, 0) is 48.9 Å². The molecule has 146 valence electrons. The van der Waals surface area contributed by atoms with Gasteiger partial charge in [0.05, 0.1) is 24.0 Å². The Morgan fingerprint density at radius 2 is 1.90 bits per heavy atom. The van der Waals surface area contributed by atoms with Gasteiger partial charge < -0.3 is 15.4 Å². The van der Waals surface area contributed by atoms with Crippen LogP contribution in [0.1, 0.15) is 26.3 Å². The first-order valence-corrected chi connectivity index (χ1v) is 10.0. The lowest BCUT2D eigenvalue weighted by Gasteiger charge is -2.13. The average Bonchev–Trinajstić information content (AvgIpc) is 2.85. The summed E-state index contributed by atoms with van der Waals surface area (Å²) in [7, 11) is 1.52. The van der Waals surface area contributed by atoms with Crippen molar-refractivity contribution in [2.24, 2.45) is 0 Å². The normalized spacial score (nSPS) is 12.3. The number of hydrogen-bond acceptors (Lipinski definition) is 4. The Hall–Kier alpha value is -2.96. The number of aryl methyl sites for hydroxylation is 1. The number of carbonyl (C=O) groups is 2. The molecule has 0 aliphatic carbocycles. The van der Waals surface area contributed by atoms with E-state index in [-0.39, 0.29) is 11.8 Å². The molecule has 0 atom stereocenters. The Morgan fingerprint density at radius 3 is 2.69 bits per heavy atom. The Morgan fingerprint density at radius 1 is 1.10 bits per heavy atom. The van der Waals surface area contributed by atoms with E-state index < -0.39 is 0 Å². The van der Waals surface area contributed by atoms with E-state index in [2.05, 4.69) is 10.6 Å². The maximum atomic E-state index is 12.8. The summed E-state index contributed by atoms with van der Waals surface area (Å²) in [6.45, 7) is 1.85. The van der Waals surface area contributed by atoms with Crippen LogP contribution in [0.25, 0.3) is 0 Å². The second kappa shape index (κ2) is 7.81. The van der Waals surface area contributed by atoms with E-state index in [1.54, 1.807) is 30.3 Å². The monoisotopic (exact) mass is 424 g/mol. The van der Waals surface area contributed by atoms with Gasteiger partial charge >= 0.3 is 0 Å². The first-order valence-electron chi connectivity index (χ1n) is 8.84. The SMILES string of the molecule is COc1cc(Cl)c(C)cc1NC(=O)c1ccc2c(c1)NC(=O)c1ccccc1S2. The summed E-state index contributed by atoms with van der Waals surface area (Å²) in [6, 6.07) is 16.1. The fourth-order valence-corrected chi connectivity index (χ4v) is 4.20. The number of anilines is 2. The van der Waals surface area contributed by atoms with E-state index in [0.717, 1.165) is 15.4 Å². The number of halogens is 1. The van der Waals surface area contributed by atoms with Crippen LogP contribution in [-0.2, 0) is 0 Å². The number of methoxy groups -OCH3 is 1. The van der Waals surface area contributed by atoms with Gasteiger partial charge in [-0.2, -0.15) is 0 Å². The van der Waals surface area contributed by atoms with Crippen molar-refractivity contribution in [3.05, 3.63) is 76.3 Å². The smallest absolute Gasteiger partial charge is 0.256 e. The van der Waals surface area contributed by atoms with Crippen LogP contribution < -0.4 is 15.4 Å². The molecule has 0 radical (unpaired) electrons. The lowest BCUT2D eigenvalue weighted by molar-refractivity contribution is 0.101. The van der Waals surface area contributed by atoms with Crippen LogP contribution in [0.3, 0.4) is 0 Å². The Bertz CT molecular complexity index is 1150. The summed E-state index contributed by atoms with van der Waals surface area (Å²) in [5.41, 5.74) is 2.99. The molecule has 1 heterocycles. The van der Waals surface area contributed by atoms with Gasteiger partial charge in [0.25, 0.3) is 11.8 Å². The number of carbonyl (C=O) groups excluding carboxylic acids is 2. The van der Waals surface area contributed by atoms with Crippen molar-refractivity contribution in [3.63, 3.8) is 0 Å². The molecule has 1 aliphatic heterocycles. The number of rotatable bonds is 3. The number of nitrogens with one attached hydrogen (secondary N) is 2. The summed E-state index contributed by atoms with van der Waals surface area (Å²) < 4.78 is 5.32. The highest BCUT2D eigenvalue weighted by Gasteiger charge is 2.21. The van der Waals surface area contributed by atoms with Crippen molar-refractivity contribution in [1.29, 1.82) is 0 Å². The van der Waals surface area contributed by atoms with E-state index in [1.165, 1.54) is 18.9 Å². The fourth-order valence-electron chi connectivity index (χ4n) is 3.03. The largest absolute Gasteiger partial charge is 0.495 e. The molecular formula is C22H17ClN2O3S. The molecule has 2 amide bonds. The van der Waals surface area contributed by atoms with Crippen LogP contribution in [0, 0.1) is 6.92 Å². The molecule has 4 rings (SSSR count). The molecule has 7 heteroatoms. The first kappa shape index (κ1) is 19.4. The predicted molar refractivity (Wildman–Crippen MR) is 116 cm³/mol. The minimum absolute atomic E-state index is 0.195. The second-order valence-corrected chi connectivity index (χ2v) is 8.01. The van der Waals surface area contributed by atoms with Gasteiger partial charge in [-0.15, -0.1) is 0 Å². The van der Waals surface area contributed by atoms with Crippen molar-refractivity contribution in [1.82, 2.24) is 0 Å². The summed E-state index contributed by atoms with van der Waals surface area (Å²) in [6.07, 6.45) is 0. The third-order valence-electron chi connectivity index (χ3n) is 4.57. The highest BCUT2D eigenvalue weighted by atomic mass is 35.5. The maximum absolute atomic E-state index is 12.8. The van der Waals surface area contributed by atoms with E-state index in [4.69, 9.17) is 16.3 Å².